The summed E-state index contributed by atoms with van der Waals surface area (Å²) in [7, 11) is 1.93. The standard InChI is InChI=1S/C18H26N2O.ClH/c1-13-5-3-4-6-15(13)12-20(2)18(21)11-14-9-16-7-8-17(10-14)19-16;/h3-6,14,16-17,19H,7-12H2,1-2H3;1H. The maximum absolute atomic E-state index is 12.5. The first-order chi connectivity index (χ1) is 10.1. The van der Waals surface area contributed by atoms with E-state index in [0.717, 1.165) is 13.0 Å². The van der Waals surface area contributed by atoms with Crippen LogP contribution in [0, 0.1) is 12.8 Å². The predicted octanol–water partition coefficient (Wildman–Crippen LogP) is 3.30. The first-order valence-electron chi connectivity index (χ1n) is 8.16. The third-order valence-corrected chi connectivity index (χ3v) is 5.13. The molecule has 2 heterocycles. The number of amides is 1. The fourth-order valence-corrected chi connectivity index (χ4v) is 3.88. The quantitative estimate of drug-likeness (QED) is 0.922. The molecule has 1 aromatic carbocycles. The molecule has 2 saturated heterocycles. The number of rotatable bonds is 4. The Morgan fingerprint density at radius 3 is 2.50 bits per heavy atom. The van der Waals surface area contributed by atoms with Crippen LogP contribution in [0.5, 0.6) is 0 Å². The molecule has 1 N–H and O–H groups in total. The second kappa shape index (κ2) is 7.47. The average Bonchev–Trinajstić information content (AvgIpc) is 2.80. The lowest BCUT2D eigenvalue weighted by Crippen LogP contribution is -2.39. The van der Waals surface area contributed by atoms with Crippen molar-refractivity contribution in [3.05, 3.63) is 35.4 Å². The average molecular weight is 323 g/mol. The number of piperidine rings is 1. The summed E-state index contributed by atoms with van der Waals surface area (Å²) in [6, 6.07) is 9.66. The van der Waals surface area contributed by atoms with E-state index in [4.69, 9.17) is 0 Å². The smallest absolute Gasteiger partial charge is 0.222 e. The zero-order valence-corrected chi connectivity index (χ0v) is 14.4. The van der Waals surface area contributed by atoms with Crippen LogP contribution in [0.4, 0.5) is 0 Å². The number of benzene rings is 1. The van der Waals surface area contributed by atoms with Crippen LogP contribution in [0.15, 0.2) is 24.3 Å². The van der Waals surface area contributed by atoms with Gasteiger partial charge >= 0.3 is 0 Å². The van der Waals surface area contributed by atoms with Gasteiger partial charge in [0.1, 0.15) is 0 Å². The molecule has 2 aliphatic rings. The van der Waals surface area contributed by atoms with Crippen molar-refractivity contribution in [1.82, 2.24) is 10.2 Å². The Morgan fingerprint density at radius 1 is 1.23 bits per heavy atom. The van der Waals surface area contributed by atoms with Gasteiger partial charge in [0.05, 0.1) is 0 Å². The molecule has 122 valence electrons. The number of fused-ring (bicyclic) bond motifs is 2. The monoisotopic (exact) mass is 322 g/mol. The molecule has 2 unspecified atom stereocenters. The highest BCUT2D eigenvalue weighted by Gasteiger charge is 2.34. The molecule has 0 spiro atoms. The van der Waals surface area contributed by atoms with Crippen molar-refractivity contribution >= 4 is 18.3 Å². The predicted molar refractivity (Wildman–Crippen MR) is 92.2 cm³/mol. The minimum Gasteiger partial charge on any atom is -0.341 e. The summed E-state index contributed by atoms with van der Waals surface area (Å²) in [4.78, 5) is 14.4. The van der Waals surface area contributed by atoms with Crippen LogP contribution < -0.4 is 5.32 Å². The van der Waals surface area contributed by atoms with Crippen LogP contribution in [0.1, 0.15) is 43.2 Å². The largest absolute Gasteiger partial charge is 0.341 e. The van der Waals surface area contributed by atoms with Crippen LogP contribution in [0.25, 0.3) is 0 Å². The molecule has 2 bridgehead atoms. The van der Waals surface area contributed by atoms with Crippen molar-refractivity contribution in [2.45, 2.75) is 57.7 Å². The summed E-state index contributed by atoms with van der Waals surface area (Å²) in [5.41, 5.74) is 2.51. The van der Waals surface area contributed by atoms with Gasteiger partial charge < -0.3 is 10.2 Å². The van der Waals surface area contributed by atoms with Crippen molar-refractivity contribution in [1.29, 1.82) is 0 Å². The van der Waals surface area contributed by atoms with E-state index in [2.05, 4.69) is 24.4 Å². The Labute approximate surface area is 139 Å². The topological polar surface area (TPSA) is 32.3 Å². The highest BCUT2D eigenvalue weighted by atomic mass is 35.5. The van der Waals surface area contributed by atoms with Gasteiger partial charge in [-0.05, 0) is 49.7 Å². The molecule has 0 aromatic heterocycles. The highest BCUT2D eigenvalue weighted by Crippen LogP contribution is 2.33. The van der Waals surface area contributed by atoms with Gasteiger partial charge in [0.2, 0.25) is 5.91 Å². The fourth-order valence-electron chi connectivity index (χ4n) is 3.88. The lowest BCUT2D eigenvalue weighted by Gasteiger charge is -2.30. The van der Waals surface area contributed by atoms with E-state index in [1.54, 1.807) is 0 Å². The summed E-state index contributed by atoms with van der Waals surface area (Å²) < 4.78 is 0. The molecule has 1 aromatic rings. The van der Waals surface area contributed by atoms with Crippen molar-refractivity contribution < 1.29 is 4.79 Å². The van der Waals surface area contributed by atoms with Gasteiger partial charge in [-0.15, -0.1) is 12.4 Å². The van der Waals surface area contributed by atoms with E-state index < -0.39 is 0 Å². The van der Waals surface area contributed by atoms with Crippen molar-refractivity contribution in [2.24, 2.45) is 5.92 Å². The van der Waals surface area contributed by atoms with Crippen LogP contribution in [-0.2, 0) is 11.3 Å². The second-order valence-corrected chi connectivity index (χ2v) is 6.86. The number of aryl methyl sites for hydroxylation is 1. The minimum atomic E-state index is 0. The first kappa shape index (κ1) is 17.3. The normalized spacial score (nSPS) is 26.4. The summed E-state index contributed by atoms with van der Waals surface area (Å²) in [6.07, 6.45) is 5.68. The molecule has 4 heteroatoms. The molecular formula is C18H27ClN2O. The van der Waals surface area contributed by atoms with Gasteiger partial charge in [0.15, 0.2) is 0 Å². The summed E-state index contributed by atoms with van der Waals surface area (Å²) >= 11 is 0. The number of hydrogen-bond acceptors (Lipinski definition) is 2. The molecule has 3 rings (SSSR count). The lowest BCUT2D eigenvalue weighted by molar-refractivity contribution is -0.131. The molecular weight excluding hydrogens is 296 g/mol. The number of carbonyl (C=O) groups is 1. The Morgan fingerprint density at radius 2 is 1.86 bits per heavy atom. The van der Waals surface area contributed by atoms with E-state index in [1.807, 2.05) is 24.1 Å². The summed E-state index contributed by atoms with van der Waals surface area (Å²) in [6.45, 7) is 2.83. The minimum absolute atomic E-state index is 0. The number of hydrogen-bond donors (Lipinski definition) is 1. The van der Waals surface area contributed by atoms with Gasteiger partial charge in [-0.25, -0.2) is 0 Å². The Hall–Kier alpha value is -1.06. The van der Waals surface area contributed by atoms with Crippen LogP contribution in [0.2, 0.25) is 0 Å². The molecule has 0 radical (unpaired) electrons. The second-order valence-electron chi connectivity index (χ2n) is 6.86. The van der Waals surface area contributed by atoms with Crippen LogP contribution >= 0.6 is 12.4 Å². The molecule has 22 heavy (non-hydrogen) atoms. The Balaban J connectivity index is 0.00000176. The van der Waals surface area contributed by atoms with Crippen molar-refractivity contribution in [3.63, 3.8) is 0 Å². The SMILES string of the molecule is Cc1ccccc1CN(C)C(=O)CC1CC2CCC(C1)N2.Cl. The van der Waals surface area contributed by atoms with Crippen molar-refractivity contribution in [3.8, 4) is 0 Å². The van der Waals surface area contributed by atoms with E-state index in [-0.39, 0.29) is 12.4 Å². The molecule has 0 saturated carbocycles. The third kappa shape index (κ3) is 4.02. The van der Waals surface area contributed by atoms with Gasteiger partial charge in [0, 0.05) is 32.1 Å². The highest BCUT2D eigenvalue weighted by molar-refractivity contribution is 5.85. The first-order valence-corrected chi connectivity index (χ1v) is 8.16. The summed E-state index contributed by atoms with van der Waals surface area (Å²) in [5.74, 6) is 0.875. The number of nitrogens with zero attached hydrogens (tertiary/aromatic N) is 1. The maximum atomic E-state index is 12.5. The molecule has 2 aliphatic heterocycles. The zero-order valence-electron chi connectivity index (χ0n) is 13.5. The molecule has 2 atom stereocenters. The van der Waals surface area contributed by atoms with Gasteiger partial charge in [-0.1, -0.05) is 24.3 Å². The van der Waals surface area contributed by atoms with E-state index in [0.29, 0.717) is 23.9 Å². The molecule has 1 amide bonds. The zero-order chi connectivity index (χ0) is 14.8. The third-order valence-electron chi connectivity index (χ3n) is 5.13. The Kier molecular flexibility index (Phi) is 5.87. The number of halogens is 1. The van der Waals surface area contributed by atoms with E-state index >= 15 is 0 Å². The van der Waals surface area contributed by atoms with Crippen molar-refractivity contribution in [2.75, 3.05) is 7.05 Å². The molecule has 2 fully saturated rings. The van der Waals surface area contributed by atoms with Crippen LogP contribution in [-0.4, -0.2) is 29.9 Å². The fraction of sp³-hybridized carbons (Fsp3) is 0.611. The number of carbonyl (C=O) groups excluding carboxylic acids is 1. The number of nitrogens with one attached hydrogen (secondary N) is 1. The lowest BCUT2D eigenvalue weighted by atomic mass is 9.89. The summed E-state index contributed by atoms with van der Waals surface area (Å²) in [5, 5.41) is 3.65. The van der Waals surface area contributed by atoms with E-state index in [1.165, 1.54) is 36.8 Å². The maximum Gasteiger partial charge on any atom is 0.222 e. The van der Waals surface area contributed by atoms with Gasteiger partial charge in [0.25, 0.3) is 0 Å². The molecule has 3 nitrogen and oxygen atoms in total. The van der Waals surface area contributed by atoms with Gasteiger partial charge in [-0.3, -0.25) is 4.79 Å². The van der Waals surface area contributed by atoms with Crippen LogP contribution in [0.3, 0.4) is 0 Å². The Bertz CT molecular complexity index is 508. The van der Waals surface area contributed by atoms with E-state index in [9.17, 15) is 4.79 Å². The molecule has 0 aliphatic carbocycles. The van der Waals surface area contributed by atoms with Gasteiger partial charge in [-0.2, -0.15) is 0 Å².